The van der Waals surface area contributed by atoms with E-state index in [-0.39, 0.29) is 16.4 Å². The molecule has 2 rings (SSSR count). The molecule has 0 aliphatic heterocycles. The number of nitrogens with zero attached hydrogens (tertiary/aromatic N) is 2. The molecule has 0 amide bonds. The minimum absolute atomic E-state index is 0.0463. The van der Waals surface area contributed by atoms with Gasteiger partial charge in [0.15, 0.2) is 11.6 Å². The molecule has 0 aliphatic carbocycles. The summed E-state index contributed by atoms with van der Waals surface area (Å²) in [6.07, 6.45) is 2.64. The highest BCUT2D eigenvalue weighted by Crippen LogP contribution is 2.22. The van der Waals surface area contributed by atoms with Gasteiger partial charge in [0.25, 0.3) is 0 Å². The number of halogens is 3. The molecule has 2 aromatic rings. The van der Waals surface area contributed by atoms with Gasteiger partial charge in [-0.15, -0.1) is 0 Å². The van der Waals surface area contributed by atoms with E-state index in [2.05, 4.69) is 9.97 Å². The molecule has 0 bridgehead atoms. The molecule has 2 nitrogen and oxygen atoms in total. The standard InChI is InChI=1S/C10H5ClF2N2/c11-9-5-14-4-8(15-9)6-2-1-3-7(12)10(6)13/h1-5H. The summed E-state index contributed by atoms with van der Waals surface area (Å²) in [5.41, 5.74) is 0.254. The van der Waals surface area contributed by atoms with E-state index in [4.69, 9.17) is 11.6 Å². The van der Waals surface area contributed by atoms with Crippen LogP contribution in [0.25, 0.3) is 11.3 Å². The van der Waals surface area contributed by atoms with E-state index in [0.29, 0.717) is 0 Å². The summed E-state index contributed by atoms with van der Waals surface area (Å²) >= 11 is 5.60. The van der Waals surface area contributed by atoms with Gasteiger partial charge < -0.3 is 0 Å². The second-order valence-electron chi connectivity index (χ2n) is 2.83. The lowest BCUT2D eigenvalue weighted by atomic mass is 10.1. The number of hydrogen-bond donors (Lipinski definition) is 0. The van der Waals surface area contributed by atoms with Gasteiger partial charge in [-0.3, -0.25) is 4.98 Å². The molecule has 0 radical (unpaired) electrons. The minimum Gasteiger partial charge on any atom is -0.259 e. The lowest BCUT2D eigenvalue weighted by Crippen LogP contribution is -1.92. The zero-order valence-corrected chi connectivity index (χ0v) is 8.17. The monoisotopic (exact) mass is 226 g/mol. The molecule has 0 atom stereocenters. The molecule has 15 heavy (non-hydrogen) atoms. The van der Waals surface area contributed by atoms with E-state index >= 15 is 0 Å². The van der Waals surface area contributed by atoms with Gasteiger partial charge in [-0.1, -0.05) is 17.7 Å². The molecule has 0 saturated carbocycles. The Morgan fingerprint density at radius 1 is 1.13 bits per heavy atom. The summed E-state index contributed by atoms with van der Waals surface area (Å²) < 4.78 is 26.2. The fourth-order valence-electron chi connectivity index (χ4n) is 1.17. The fourth-order valence-corrected chi connectivity index (χ4v) is 1.32. The maximum absolute atomic E-state index is 13.3. The van der Waals surface area contributed by atoms with Crippen LogP contribution >= 0.6 is 11.6 Å². The Morgan fingerprint density at radius 2 is 1.93 bits per heavy atom. The van der Waals surface area contributed by atoms with Gasteiger partial charge in [0.2, 0.25) is 0 Å². The van der Waals surface area contributed by atoms with Crippen LogP contribution in [0, 0.1) is 11.6 Å². The van der Waals surface area contributed by atoms with Gasteiger partial charge in [0.05, 0.1) is 18.1 Å². The molecule has 0 fully saturated rings. The molecule has 0 saturated heterocycles. The summed E-state index contributed by atoms with van der Waals surface area (Å²) in [5.74, 6) is -1.87. The molecule has 5 heteroatoms. The Balaban J connectivity index is 2.59. The SMILES string of the molecule is Fc1cccc(-c2cncc(Cl)n2)c1F. The second kappa shape index (κ2) is 3.90. The Labute approximate surface area is 89.6 Å². The van der Waals surface area contributed by atoms with E-state index in [9.17, 15) is 8.78 Å². The van der Waals surface area contributed by atoms with Crippen LogP contribution in [-0.2, 0) is 0 Å². The van der Waals surface area contributed by atoms with Crippen molar-refractivity contribution in [3.8, 4) is 11.3 Å². The number of rotatable bonds is 1. The van der Waals surface area contributed by atoms with Gasteiger partial charge in [-0.05, 0) is 12.1 Å². The van der Waals surface area contributed by atoms with E-state index in [1.165, 1.54) is 24.5 Å². The van der Waals surface area contributed by atoms with Crippen molar-refractivity contribution in [1.82, 2.24) is 9.97 Å². The lowest BCUT2D eigenvalue weighted by molar-refractivity contribution is 0.511. The van der Waals surface area contributed by atoms with Gasteiger partial charge >= 0.3 is 0 Å². The third-order valence-corrected chi connectivity index (χ3v) is 2.01. The molecule has 1 aromatic carbocycles. The van der Waals surface area contributed by atoms with Crippen molar-refractivity contribution in [3.63, 3.8) is 0 Å². The predicted octanol–water partition coefficient (Wildman–Crippen LogP) is 3.08. The average molecular weight is 227 g/mol. The number of hydrogen-bond acceptors (Lipinski definition) is 2. The highest BCUT2D eigenvalue weighted by Gasteiger charge is 2.10. The van der Waals surface area contributed by atoms with Crippen molar-refractivity contribution in [2.45, 2.75) is 0 Å². The van der Waals surface area contributed by atoms with Crippen LogP contribution in [0.1, 0.15) is 0 Å². The first kappa shape index (κ1) is 9.98. The third kappa shape index (κ3) is 1.94. The van der Waals surface area contributed by atoms with E-state index in [0.717, 1.165) is 6.07 Å². The molecular formula is C10H5ClF2N2. The highest BCUT2D eigenvalue weighted by molar-refractivity contribution is 6.29. The van der Waals surface area contributed by atoms with Crippen molar-refractivity contribution in [1.29, 1.82) is 0 Å². The first-order valence-corrected chi connectivity index (χ1v) is 4.48. The molecule has 1 heterocycles. The maximum Gasteiger partial charge on any atom is 0.168 e. The minimum atomic E-state index is -0.950. The average Bonchev–Trinajstić information content (AvgIpc) is 2.22. The third-order valence-electron chi connectivity index (χ3n) is 1.83. The largest absolute Gasteiger partial charge is 0.259 e. The number of benzene rings is 1. The Bertz CT molecular complexity index is 503. The lowest BCUT2D eigenvalue weighted by Gasteiger charge is -2.02. The van der Waals surface area contributed by atoms with Crippen LogP contribution in [-0.4, -0.2) is 9.97 Å². The molecule has 0 N–H and O–H groups in total. The molecule has 0 spiro atoms. The van der Waals surface area contributed by atoms with Gasteiger partial charge in [-0.25, -0.2) is 13.8 Å². The Morgan fingerprint density at radius 3 is 2.67 bits per heavy atom. The molecule has 0 unspecified atom stereocenters. The van der Waals surface area contributed by atoms with Crippen molar-refractivity contribution < 1.29 is 8.78 Å². The van der Waals surface area contributed by atoms with Crippen molar-refractivity contribution >= 4 is 11.6 Å². The predicted molar refractivity (Wildman–Crippen MR) is 52.4 cm³/mol. The molecular weight excluding hydrogens is 222 g/mol. The van der Waals surface area contributed by atoms with Crippen molar-refractivity contribution in [3.05, 3.63) is 47.4 Å². The number of aromatic nitrogens is 2. The Kier molecular flexibility index (Phi) is 2.60. The highest BCUT2D eigenvalue weighted by atomic mass is 35.5. The van der Waals surface area contributed by atoms with Crippen LogP contribution < -0.4 is 0 Å². The Hall–Kier alpha value is -1.55. The zero-order chi connectivity index (χ0) is 10.8. The first-order valence-electron chi connectivity index (χ1n) is 4.10. The zero-order valence-electron chi connectivity index (χ0n) is 7.42. The topological polar surface area (TPSA) is 25.8 Å². The summed E-state index contributed by atoms with van der Waals surface area (Å²) in [6.45, 7) is 0. The van der Waals surface area contributed by atoms with Gasteiger partial charge in [-0.2, -0.15) is 0 Å². The van der Waals surface area contributed by atoms with Crippen LogP contribution in [0.2, 0.25) is 5.15 Å². The van der Waals surface area contributed by atoms with Gasteiger partial charge in [0.1, 0.15) is 5.15 Å². The second-order valence-corrected chi connectivity index (χ2v) is 3.22. The van der Waals surface area contributed by atoms with E-state index < -0.39 is 11.6 Å². The van der Waals surface area contributed by atoms with Gasteiger partial charge in [0, 0.05) is 5.56 Å². The fraction of sp³-hybridized carbons (Fsp3) is 0. The van der Waals surface area contributed by atoms with E-state index in [1.807, 2.05) is 0 Å². The van der Waals surface area contributed by atoms with Crippen LogP contribution in [0.4, 0.5) is 8.78 Å². The summed E-state index contributed by atoms with van der Waals surface area (Å²) in [6, 6.07) is 3.85. The molecule has 76 valence electrons. The normalized spacial score (nSPS) is 10.3. The summed E-state index contributed by atoms with van der Waals surface area (Å²) in [5, 5.41) is 0.135. The van der Waals surface area contributed by atoms with Crippen LogP contribution in [0.5, 0.6) is 0 Å². The molecule has 0 aliphatic rings. The van der Waals surface area contributed by atoms with Crippen molar-refractivity contribution in [2.75, 3.05) is 0 Å². The maximum atomic E-state index is 13.3. The first-order chi connectivity index (χ1) is 7.18. The quantitative estimate of drug-likeness (QED) is 0.747. The van der Waals surface area contributed by atoms with Crippen LogP contribution in [0.3, 0.4) is 0 Å². The summed E-state index contributed by atoms with van der Waals surface area (Å²) in [4.78, 5) is 7.59. The summed E-state index contributed by atoms with van der Waals surface area (Å²) in [7, 11) is 0. The smallest absolute Gasteiger partial charge is 0.168 e. The van der Waals surface area contributed by atoms with Crippen molar-refractivity contribution in [2.24, 2.45) is 0 Å². The van der Waals surface area contributed by atoms with E-state index in [1.54, 1.807) is 0 Å². The van der Waals surface area contributed by atoms with Crippen LogP contribution in [0.15, 0.2) is 30.6 Å². The molecule has 1 aromatic heterocycles.